The largest absolute Gasteiger partial charge is 0.545 e. The van der Waals surface area contributed by atoms with E-state index in [1.54, 1.807) is 48.5 Å². The van der Waals surface area contributed by atoms with E-state index in [4.69, 9.17) is 66.7 Å². The first-order valence-electron chi connectivity index (χ1n) is 24.7. The molecule has 0 radical (unpaired) electrons. The highest BCUT2D eigenvalue weighted by Crippen LogP contribution is 2.40. The van der Waals surface area contributed by atoms with Crippen LogP contribution in [-0.4, -0.2) is 133 Å². The van der Waals surface area contributed by atoms with Crippen LogP contribution in [0.15, 0.2) is 133 Å². The molecule has 0 aliphatic carbocycles. The number of carboxylic acids is 2. The van der Waals surface area contributed by atoms with E-state index in [1.165, 1.54) is 66.9 Å². The molecule has 81 heavy (non-hydrogen) atoms. The van der Waals surface area contributed by atoms with Crippen molar-refractivity contribution >= 4 is 82.3 Å². The van der Waals surface area contributed by atoms with Gasteiger partial charge in [0.15, 0.2) is 23.0 Å². The Hall–Kier alpha value is -7.57. The standard InChI is InChI=1S/2C22H29NO5.2C8H7NO2S.HI/c2*1-7-22(23(2)3,17-11-9-8-10-12-17)15-28-21(24)16-13-18(25-4)20(27-6)19(14-16)26-5;2*9-7(12)5-1-3-6(4-2-5)8(10)11;/h2*8-14H,7,15H2,1-6H3;2*1-4H,(H2,9,12)(H,10,11);1H/p-1. The molecular formula is C60H72IN4O14S2-. The molecule has 0 aliphatic heterocycles. The van der Waals surface area contributed by atoms with Gasteiger partial charge in [0.05, 0.1) is 76.4 Å². The molecule has 436 valence electrons. The molecule has 0 saturated heterocycles. The quantitative estimate of drug-likeness (QED) is 0.0326. The van der Waals surface area contributed by atoms with Crippen LogP contribution in [0, 0.1) is 0 Å². The van der Waals surface area contributed by atoms with Crippen LogP contribution in [0.5, 0.6) is 34.5 Å². The lowest BCUT2D eigenvalue weighted by atomic mass is 9.87. The van der Waals surface area contributed by atoms with E-state index in [0.717, 1.165) is 24.0 Å². The van der Waals surface area contributed by atoms with Crippen LogP contribution < -0.4 is 45.0 Å². The van der Waals surface area contributed by atoms with Gasteiger partial charge in [0.25, 0.3) is 0 Å². The average Bonchev–Trinajstić information content (AvgIpc) is 3.47. The minimum atomic E-state index is -1.20. The van der Waals surface area contributed by atoms with Gasteiger partial charge in [-0.15, -0.1) is 24.0 Å². The van der Waals surface area contributed by atoms with Crippen molar-refractivity contribution in [2.45, 2.75) is 37.8 Å². The minimum absolute atomic E-state index is 0. The average molecular weight is 1260 g/mol. The zero-order chi connectivity index (χ0) is 59.7. The number of hydrogen-bond acceptors (Lipinski definition) is 17. The van der Waals surface area contributed by atoms with Gasteiger partial charge in [-0.1, -0.05) is 135 Å². The predicted octanol–water partition coefficient (Wildman–Crippen LogP) is 8.79. The van der Waals surface area contributed by atoms with Gasteiger partial charge >= 0.3 is 17.9 Å². The Bertz CT molecular complexity index is 2690. The monoisotopic (exact) mass is 1260 g/mol. The number of esters is 2. The summed E-state index contributed by atoms with van der Waals surface area (Å²) >= 11 is 9.39. The molecule has 0 aliphatic rings. The van der Waals surface area contributed by atoms with Crippen LogP contribution in [0.1, 0.15) is 90.4 Å². The molecule has 0 aromatic heterocycles. The summed E-state index contributed by atoms with van der Waals surface area (Å²) in [5.74, 6) is -0.558. The van der Waals surface area contributed by atoms with Crippen molar-refractivity contribution in [3.05, 3.63) is 178 Å². The fraction of sp³-hybridized carbons (Fsp3) is 0.300. The van der Waals surface area contributed by atoms with Crippen LogP contribution in [0.3, 0.4) is 0 Å². The molecule has 2 atom stereocenters. The number of carbonyl (C=O) groups is 4. The molecule has 21 heteroatoms. The third-order valence-corrected chi connectivity index (χ3v) is 13.5. The third-order valence-electron chi connectivity index (χ3n) is 13.0. The lowest BCUT2D eigenvalue weighted by molar-refractivity contribution is -0.255. The second-order valence-electron chi connectivity index (χ2n) is 17.7. The highest BCUT2D eigenvalue weighted by molar-refractivity contribution is 14.0. The molecule has 2 unspecified atom stereocenters. The number of nitrogens with two attached hydrogens (primary N) is 2. The van der Waals surface area contributed by atoms with Crippen molar-refractivity contribution in [1.29, 1.82) is 0 Å². The SMILES string of the molecule is CCC(COC(=O)c1cc(OC)c(OC)c(OC)c1)(c1ccccc1)N(C)C.CCC(COC(=O)c1cc(OC)c(OC)c(OC)c1)(c1ccccc1)N(C)C.I.NC(=S)c1ccc(C(=O)O)cc1.NC(=S)c1ccc(C(=O)[O-])cc1. The number of aromatic carboxylic acids is 2. The van der Waals surface area contributed by atoms with E-state index in [2.05, 4.69) is 60.1 Å². The van der Waals surface area contributed by atoms with Crippen LogP contribution in [0.25, 0.3) is 0 Å². The number of likely N-dealkylation sites (N-methyl/N-ethyl adjacent to an activating group) is 2. The number of ether oxygens (including phenoxy) is 8. The van der Waals surface area contributed by atoms with Gasteiger partial charge in [-0.05, 0) is 94.1 Å². The van der Waals surface area contributed by atoms with Crippen LogP contribution >= 0.6 is 48.4 Å². The summed E-state index contributed by atoms with van der Waals surface area (Å²) in [6.07, 6.45) is 1.57. The fourth-order valence-electron chi connectivity index (χ4n) is 8.16. The van der Waals surface area contributed by atoms with Crippen molar-refractivity contribution in [2.75, 3.05) is 84.1 Å². The van der Waals surface area contributed by atoms with Crippen molar-refractivity contribution in [3.63, 3.8) is 0 Å². The molecule has 0 spiro atoms. The van der Waals surface area contributed by atoms with Gasteiger partial charge in [0.2, 0.25) is 11.5 Å². The molecule has 6 aromatic carbocycles. The van der Waals surface area contributed by atoms with E-state index in [9.17, 15) is 24.3 Å². The normalized spacial score (nSPS) is 11.7. The number of nitrogens with zero attached hydrogens (tertiary/aromatic N) is 2. The number of methoxy groups -OCH3 is 6. The number of benzene rings is 6. The highest BCUT2D eigenvalue weighted by atomic mass is 127. The Kier molecular flexibility index (Phi) is 29.1. The van der Waals surface area contributed by atoms with Gasteiger partial charge in [-0.3, -0.25) is 9.80 Å². The maximum absolute atomic E-state index is 12.8. The number of hydrogen-bond donors (Lipinski definition) is 3. The predicted molar refractivity (Wildman–Crippen MR) is 328 cm³/mol. The van der Waals surface area contributed by atoms with Crippen LogP contribution in [0.4, 0.5) is 0 Å². The number of halogens is 1. The third kappa shape index (κ3) is 18.7. The summed E-state index contributed by atoms with van der Waals surface area (Å²) in [7, 11) is 17.0. The van der Waals surface area contributed by atoms with Gasteiger partial charge < -0.3 is 64.4 Å². The van der Waals surface area contributed by atoms with E-state index in [-0.39, 0.29) is 58.3 Å². The maximum Gasteiger partial charge on any atom is 0.338 e. The second-order valence-corrected chi connectivity index (χ2v) is 18.6. The van der Waals surface area contributed by atoms with Gasteiger partial charge in [0.1, 0.15) is 23.2 Å². The summed E-state index contributed by atoms with van der Waals surface area (Å²) in [5.41, 5.74) is 14.3. The van der Waals surface area contributed by atoms with E-state index in [1.807, 2.05) is 64.6 Å². The van der Waals surface area contributed by atoms with Crippen molar-refractivity contribution in [2.24, 2.45) is 11.5 Å². The molecule has 6 rings (SSSR count). The Balaban J connectivity index is 0.000000394. The Morgan fingerprint density at radius 2 is 0.765 bits per heavy atom. The fourth-order valence-corrected chi connectivity index (χ4v) is 8.44. The Labute approximate surface area is 502 Å². The highest BCUT2D eigenvalue weighted by Gasteiger charge is 2.36. The molecule has 0 saturated carbocycles. The molecular weight excluding hydrogens is 1190 g/mol. The molecule has 5 N–H and O–H groups in total. The number of carboxylic acid groups (broad SMARTS) is 2. The molecule has 6 aromatic rings. The molecule has 0 heterocycles. The molecule has 0 fully saturated rings. The number of carbonyl (C=O) groups excluding carboxylic acids is 3. The summed E-state index contributed by atoms with van der Waals surface area (Å²) < 4.78 is 43.4. The van der Waals surface area contributed by atoms with Gasteiger partial charge in [0, 0.05) is 11.1 Å². The number of rotatable bonds is 22. The lowest BCUT2D eigenvalue weighted by Gasteiger charge is -2.39. The van der Waals surface area contributed by atoms with Crippen molar-refractivity contribution in [3.8, 4) is 34.5 Å². The number of thiocarbonyl (C=S) groups is 2. The van der Waals surface area contributed by atoms with Gasteiger partial charge in [-0.2, -0.15) is 0 Å². The van der Waals surface area contributed by atoms with Crippen LogP contribution in [0.2, 0.25) is 0 Å². The van der Waals surface area contributed by atoms with E-state index in [0.29, 0.717) is 56.8 Å². The van der Waals surface area contributed by atoms with Gasteiger partial charge in [-0.25, -0.2) is 14.4 Å². The molecule has 0 amide bonds. The minimum Gasteiger partial charge on any atom is -0.545 e. The zero-order valence-corrected chi connectivity index (χ0v) is 51.5. The van der Waals surface area contributed by atoms with Crippen molar-refractivity contribution < 1.29 is 67.3 Å². The Morgan fingerprint density at radius 3 is 0.988 bits per heavy atom. The topological polar surface area (TPSA) is 244 Å². The summed E-state index contributed by atoms with van der Waals surface area (Å²) in [6.45, 7) is 4.60. The lowest BCUT2D eigenvalue weighted by Crippen LogP contribution is -2.45. The summed E-state index contributed by atoms with van der Waals surface area (Å²) in [6, 6.07) is 38.5. The maximum atomic E-state index is 12.8. The summed E-state index contributed by atoms with van der Waals surface area (Å²) in [5, 5.41) is 18.9. The van der Waals surface area contributed by atoms with Crippen LogP contribution in [-0.2, 0) is 20.6 Å². The first-order valence-corrected chi connectivity index (χ1v) is 25.5. The Morgan fingerprint density at radius 1 is 0.481 bits per heavy atom. The first-order chi connectivity index (χ1) is 38.1. The smallest absolute Gasteiger partial charge is 0.338 e. The summed E-state index contributed by atoms with van der Waals surface area (Å²) in [4.78, 5) is 51.0. The second kappa shape index (κ2) is 33.9. The van der Waals surface area contributed by atoms with Crippen molar-refractivity contribution in [1.82, 2.24) is 9.80 Å². The zero-order valence-electron chi connectivity index (χ0n) is 47.6. The van der Waals surface area contributed by atoms with E-state index >= 15 is 0 Å². The molecule has 18 nitrogen and oxygen atoms in total. The first kappa shape index (κ1) is 69.5. The van der Waals surface area contributed by atoms with E-state index < -0.39 is 35.0 Å². The molecule has 0 bridgehead atoms.